The number of hydrogen-bond donors (Lipinski definition) is 3. The summed E-state index contributed by atoms with van der Waals surface area (Å²) in [5, 5.41) is 17.8. The number of phenols is 1. The van der Waals surface area contributed by atoms with Crippen molar-refractivity contribution in [3.63, 3.8) is 0 Å². The maximum atomic E-state index is 12.7. The Morgan fingerprint density at radius 1 is 0.963 bits per heavy atom. The van der Waals surface area contributed by atoms with E-state index in [1.807, 2.05) is 0 Å². The van der Waals surface area contributed by atoms with Gasteiger partial charge in [-0.05, 0) is 53.1 Å². The van der Waals surface area contributed by atoms with Gasteiger partial charge in [-0.1, -0.05) is 24.3 Å². The molecule has 0 aliphatic carbocycles. The lowest BCUT2D eigenvalue weighted by Gasteiger charge is -2.07. The molecule has 7 nitrogen and oxygen atoms in total. The molecule has 2 aromatic carbocycles. The molecule has 0 unspecified atom stereocenters. The summed E-state index contributed by atoms with van der Waals surface area (Å²) in [6.45, 7) is 0. The van der Waals surface area contributed by atoms with Crippen molar-refractivity contribution in [1.29, 1.82) is 0 Å². The standard InChI is InChI=1S/C19H16N2O5S/c22-17-6-2-15(3-7-17)16-4-8-18(9-5-16)27(25,26)21-12-11-14(13-21)1-10-19(23)20-24/h1-13,22,24H,(H,20,23)/b10-1+. The van der Waals surface area contributed by atoms with Gasteiger partial charge in [-0.2, -0.15) is 0 Å². The Hall–Kier alpha value is -3.36. The van der Waals surface area contributed by atoms with Crippen LogP contribution in [0.3, 0.4) is 0 Å². The second kappa shape index (κ2) is 7.48. The molecular weight excluding hydrogens is 368 g/mol. The summed E-state index contributed by atoms with van der Waals surface area (Å²) in [7, 11) is -3.78. The molecule has 138 valence electrons. The maximum Gasteiger partial charge on any atom is 0.267 e. The van der Waals surface area contributed by atoms with E-state index in [9.17, 15) is 18.3 Å². The van der Waals surface area contributed by atoms with E-state index in [1.165, 1.54) is 42.1 Å². The van der Waals surface area contributed by atoms with Gasteiger partial charge in [-0.25, -0.2) is 17.9 Å². The summed E-state index contributed by atoms with van der Waals surface area (Å²) < 4.78 is 26.5. The van der Waals surface area contributed by atoms with Crippen LogP contribution in [0.5, 0.6) is 5.75 Å². The van der Waals surface area contributed by atoms with E-state index in [4.69, 9.17) is 5.21 Å². The molecule has 0 saturated heterocycles. The molecule has 0 spiro atoms. The topological polar surface area (TPSA) is 109 Å². The largest absolute Gasteiger partial charge is 0.508 e. The number of amides is 1. The predicted molar refractivity (Wildman–Crippen MR) is 99.5 cm³/mol. The molecule has 27 heavy (non-hydrogen) atoms. The first-order valence-corrected chi connectivity index (χ1v) is 9.29. The number of nitrogens with one attached hydrogen (secondary N) is 1. The summed E-state index contributed by atoms with van der Waals surface area (Å²) in [5.74, 6) is -0.553. The zero-order valence-electron chi connectivity index (χ0n) is 14.0. The summed E-state index contributed by atoms with van der Waals surface area (Å²) in [5.41, 5.74) is 3.62. The average Bonchev–Trinajstić information content (AvgIpc) is 3.17. The molecule has 3 rings (SSSR count). The molecule has 0 saturated carbocycles. The molecule has 0 atom stereocenters. The van der Waals surface area contributed by atoms with Crippen LogP contribution in [0.2, 0.25) is 0 Å². The van der Waals surface area contributed by atoms with E-state index in [0.29, 0.717) is 5.56 Å². The fraction of sp³-hybridized carbons (Fsp3) is 0. The summed E-state index contributed by atoms with van der Waals surface area (Å²) >= 11 is 0. The van der Waals surface area contributed by atoms with E-state index < -0.39 is 15.9 Å². The highest BCUT2D eigenvalue weighted by molar-refractivity contribution is 7.90. The first-order chi connectivity index (χ1) is 12.9. The second-order valence-corrected chi connectivity index (χ2v) is 7.50. The molecule has 0 fully saturated rings. The first kappa shape index (κ1) is 18.4. The van der Waals surface area contributed by atoms with Crippen LogP contribution in [-0.2, 0) is 14.8 Å². The summed E-state index contributed by atoms with van der Waals surface area (Å²) in [6, 6.07) is 14.5. The van der Waals surface area contributed by atoms with Gasteiger partial charge in [0.25, 0.3) is 15.9 Å². The molecule has 3 N–H and O–H groups in total. The highest BCUT2D eigenvalue weighted by atomic mass is 32.2. The molecule has 1 amide bonds. The fourth-order valence-electron chi connectivity index (χ4n) is 2.44. The van der Waals surface area contributed by atoms with Gasteiger partial charge in [0.2, 0.25) is 0 Å². The molecule has 1 heterocycles. The number of aromatic hydroxyl groups is 1. The average molecular weight is 384 g/mol. The van der Waals surface area contributed by atoms with Crippen molar-refractivity contribution < 1.29 is 23.5 Å². The van der Waals surface area contributed by atoms with Gasteiger partial charge in [-0.15, -0.1) is 0 Å². The van der Waals surface area contributed by atoms with E-state index in [1.54, 1.807) is 36.4 Å². The predicted octanol–water partition coefficient (Wildman–Crippen LogP) is 2.62. The van der Waals surface area contributed by atoms with Gasteiger partial charge in [0.15, 0.2) is 0 Å². The maximum absolute atomic E-state index is 12.7. The van der Waals surface area contributed by atoms with Crippen LogP contribution in [0.4, 0.5) is 0 Å². The monoisotopic (exact) mass is 384 g/mol. The van der Waals surface area contributed by atoms with Crippen LogP contribution in [0.25, 0.3) is 17.2 Å². The zero-order chi connectivity index (χ0) is 19.4. The lowest BCUT2D eigenvalue weighted by molar-refractivity contribution is -0.124. The third-order valence-electron chi connectivity index (χ3n) is 3.86. The molecule has 1 aromatic heterocycles. The van der Waals surface area contributed by atoms with Crippen molar-refractivity contribution in [3.8, 4) is 16.9 Å². The van der Waals surface area contributed by atoms with Crippen LogP contribution in [-0.4, -0.2) is 28.6 Å². The smallest absolute Gasteiger partial charge is 0.267 e. The normalized spacial score (nSPS) is 11.6. The van der Waals surface area contributed by atoms with Crippen LogP contribution >= 0.6 is 0 Å². The molecule has 0 aliphatic heterocycles. The number of hydrogen-bond acceptors (Lipinski definition) is 5. The minimum Gasteiger partial charge on any atom is -0.508 e. The Kier molecular flexibility index (Phi) is 5.11. The highest BCUT2D eigenvalue weighted by Crippen LogP contribution is 2.24. The van der Waals surface area contributed by atoms with Crippen molar-refractivity contribution in [3.05, 3.63) is 78.6 Å². The molecule has 0 bridgehead atoms. The molecule has 0 radical (unpaired) electrons. The molecule has 3 aromatic rings. The van der Waals surface area contributed by atoms with Crippen molar-refractivity contribution in [2.75, 3.05) is 0 Å². The van der Waals surface area contributed by atoms with Crippen molar-refractivity contribution in [1.82, 2.24) is 9.45 Å². The van der Waals surface area contributed by atoms with E-state index in [0.717, 1.165) is 21.2 Å². The van der Waals surface area contributed by atoms with E-state index >= 15 is 0 Å². The van der Waals surface area contributed by atoms with Gasteiger partial charge >= 0.3 is 0 Å². The first-order valence-electron chi connectivity index (χ1n) is 7.85. The Labute approximate surface area is 155 Å². The number of hydroxylamine groups is 1. The number of carbonyl (C=O) groups excluding carboxylic acids is 1. The molecule has 0 aliphatic rings. The lowest BCUT2D eigenvalue weighted by Crippen LogP contribution is -2.14. The lowest BCUT2D eigenvalue weighted by atomic mass is 10.1. The van der Waals surface area contributed by atoms with Gasteiger partial charge in [0.1, 0.15) is 5.75 Å². The third kappa shape index (κ3) is 4.08. The van der Waals surface area contributed by atoms with Crippen LogP contribution in [0.1, 0.15) is 5.56 Å². The number of carbonyl (C=O) groups is 1. The number of rotatable bonds is 5. The van der Waals surface area contributed by atoms with Crippen LogP contribution in [0, 0.1) is 0 Å². The van der Waals surface area contributed by atoms with Crippen molar-refractivity contribution in [2.24, 2.45) is 0 Å². The zero-order valence-corrected chi connectivity index (χ0v) is 14.8. The number of phenolic OH excluding ortho intramolecular Hbond substituents is 1. The van der Waals surface area contributed by atoms with Crippen molar-refractivity contribution in [2.45, 2.75) is 4.90 Å². The van der Waals surface area contributed by atoms with E-state index in [2.05, 4.69) is 0 Å². The van der Waals surface area contributed by atoms with Gasteiger partial charge in [0.05, 0.1) is 4.90 Å². The van der Waals surface area contributed by atoms with Crippen LogP contribution in [0.15, 0.2) is 78.0 Å². The van der Waals surface area contributed by atoms with Crippen LogP contribution < -0.4 is 5.48 Å². The molecular formula is C19H16N2O5S. The summed E-state index contributed by atoms with van der Waals surface area (Å²) in [4.78, 5) is 11.1. The Bertz CT molecular complexity index is 1080. The van der Waals surface area contributed by atoms with E-state index in [-0.39, 0.29) is 10.6 Å². The van der Waals surface area contributed by atoms with Gasteiger partial charge in [-0.3, -0.25) is 10.0 Å². The Morgan fingerprint density at radius 3 is 2.15 bits per heavy atom. The summed E-state index contributed by atoms with van der Waals surface area (Å²) in [6.07, 6.45) is 5.20. The number of nitrogens with zero attached hydrogens (tertiary/aromatic N) is 1. The Balaban J connectivity index is 1.85. The Morgan fingerprint density at radius 2 is 1.56 bits per heavy atom. The highest BCUT2D eigenvalue weighted by Gasteiger charge is 2.16. The second-order valence-electron chi connectivity index (χ2n) is 5.66. The minimum absolute atomic E-state index is 0.115. The molecule has 8 heteroatoms. The number of benzene rings is 2. The van der Waals surface area contributed by atoms with Crippen molar-refractivity contribution >= 4 is 22.0 Å². The van der Waals surface area contributed by atoms with Gasteiger partial charge < -0.3 is 5.11 Å². The SMILES string of the molecule is O=C(/C=C/c1ccn(S(=O)(=O)c2ccc(-c3ccc(O)cc3)cc2)c1)NO. The number of aromatic nitrogens is 1. The quantitative estimate of drug-likeness (QED) is 0.356. The van der Waals surface area contributed by atoms with Gasteiger partial charge in [0, 0.05) is 18.5 Å². The third-order valence-corrected chi connectivity index (χ3v) is 5.51. The fourth-order valence-corrected chi connectivity index (χ4v) is 3.65. The minimum atomic E-state index is -3.78.